The highest BCUT2D eigenvalue weighted by atomic mass is 16.5. The molecule has 2 aromatic rings. The molecule has 1 aromatic carbocycles. The lowest BCUT2D eigenvalue weighted by atomic mass is 9.73. The Balaban J connectivity index is 1.77. The number of carbonyl (C=O) groups excluding carboxylic acids is 2. The predicted octanol–water partition coefficient (Wildman–Crippen LogP) is 3.35. The van der Waals surface area contributed by atoms with Gasteiger partial charge < -0.3 is 20.1 Å². The lowest BCUT2D eigenvalue weighted by Gasteiger charge is -2.45. The minimum Gasteiger partial charge on any atom is -0.465 e. The molecular weight excluding hydrogens is 428 g/mol. The molecule has 1 aromatic heterocycles. The molecule has 0 aliphatic carbocycles. The van der Waals surface area contributed by atoms with Crippen molar-refractivity contribution < 1.29 is 29.4 Å². The molecule has 2 heterocycles. The van der Waals surface area contributed by atoms with Gasteiger partial charge in [-0.1, -0.05) is 20.3 Å². The zero-order valence-corrected chi connectivity index (χ0v) is 18.5. The summed E-state index contributed by atoms with van der Waals surface area (Å²) >= 11 is 0. The number of hydrogen-bond donors (Lipinski definition) is 4. The average molecular weight is 456 g/mol. The van der Waals surface area contributed by atoms with Gasteiger partial charge in [-0.25, -0.2) is 10.3 Å². The summed E-state index contributed by atoms with van der Waals surface area (Å²) < 4.78 is 5.71. The summed E-state index contributed by atoms with van der Waals surface area (Å²) in [4.78, 5) is 42.6. The van der Waals surface area contributed by atoms with Crippen LogP contribution in [0.15, 0.2) is 48.8 Å². The summed E-state index contributed by atoms with van der Waals surface area (Å²) in [6.45, 7) is 3.84. The molecule has 10 heteroatoms. The fourth-order valence-electron chi connectivity index (χ4n) is 4.25. The van der Waals surface area contributed by atoms with E-state index in [2.05, 4.69) is 10.3 Å². The molecule has 1 saturated heterocycles. The average Bonchev–Trinajstić information content (AvgIpc) is 2.83. The number of amides is 3. The third kappa shape index (κ3) is 5.58. The van der Waals surface area contributed by atoms with Gasteiger partial charge in [0.1, 0.15) is 11.5 Å². The molecule has 4 N–H and O–H groups in total. The number of benzene rings is 1. The summed E-state index contributed by atoms with van der Waals surface area (Å²) in [5.41, 5.74) is 2.13. The number of ether oxygens (including phenoxy) is 1. The normalized spacial score (nSPS) is 21.1. The Kier molecular flexibility index (Phi) is 7.83. The number of pyridine rings is 1. The van der Waals surface area contributed by atoms with Crippen LogP contribution < -0.4 is 15.5 Å². The van der Waals surface area contributed by atoms with Crippen LogP contribution in [-0.2, 0) is 9.59 Å². The van der Waals surface area contributed by atoms with Crippen LogP contribution in [0.4, 0.5) is 10.5 Å². The number of carbonyl (C=O) groups is 3. The Bertz CT molecular complexity index is 969. The molecule has 0 bridgehead atoms. The quantitative estimate of drug-likeness (QED) is 0.370. The number of piperidine rings is 1. The maximum atomic E-state index is 13.1. The van der Waals surface area contributed by atoms with Crippen molar-refractivity contribution in [1.29, 1.82) is 0 Å². The molecule has 1 aliphatic heterocycles. The Morgan fingerprint density at radius 1 is 1.12 bits per heavy atom. The summed E-state index contributed by atoms with van der Waals surface area (Å²) in [5.74, 6) is -2.01. The topological polar surface area (TPSA) is 141 Å². The molecule has 3 rings (SSSR count). The van der Waals surface area contributed by atoms with Gasteiger partial charge in [0, 0.05) is 24.6 Å². The Labute approximate surface area is 191 Å². The fourth-order valence-corrected chi connectivity index (χ4v) is 4.25. The zero-order chi connectivity index (χ0) is 24.0. The second-order valence-electron chi connectivity index (χ2n) is 8.05. The van der Waals surface area contributed by atoms with E-state index in [1.807, 2.05) is 13.8 Å². The number of carboxylic acid groups (broad SMARTS) is 1. The van der Waals surface area contributed by atoms with Crippen molar-refractivity contribution in [3.05, 3.63) is 48.8 Å². The first kappa shape index (κ1) is 24.0. The van der Waals surface area contributed by atoms with Crippen LogP contribution in [0.5, 0.6) is 11.5 Å². The van der Waals surface area contributed by atoms with Gasteiger partial charge in [-0.3, -0.25) is 19.8 Å². The summed E-state index contributed by atoms with van der Waals surface area (Å²) in [5, 5.41) is 21.7. The maximum absolute atomic E-state index is 13.1. The van der Waals surface area contributed by atoms with E-state index in [4.69, 9.17) is 4.74 Å². The van der Waals surface area contributed by atoms with E-state index >= 15 is 0 Å². The van der Waals surface area contributed by atoms with Gasteiger partial charge in [0.25, 0.3) is 0 Å². The minimum atomic E-state index is -1.15. The Hall–Kier alpha value is -3.66. The number of hydrogen-bond acceptors (Lipinski definition) is 6. The standard InChI is InChI=1S/C23H28N4O6/c1-3-14(2)20-19(22(29)26-32)18(10-13-27(20)23(30)31)21(28)25-15-4-6-16(7-5-15)33-17-8-11-24-12-9-17/h4-9,11-12,14,18-20,32H,3,10,13H2,1-2H3,(H,25,28)(H,26,29)(H,30,31)/t14?,18?,19-,20?/m1/s1. The van der Waals surface area contributed by atoms with E-state index in [1.54, 1.807) is 54.3 Å². The summed E-state index contributed by atoms with van der Waals surface area (Å²) in [7, 11) is 0. The van der Waals surface area contributed by atoms with Gasteiger partial charge in [-0.2, -0.15) is 0 Å². The minimum absolute atomic E-state index is 0.121. The van der Waals surface area contributed by atoms with Crippen molar-refractivity contribution in [2.45, 2.75) is 32.7 Å². The van der Waals surface area contributed by atoms with E-state index in [1.165, 1.54) is 4.90 Å². The predicted molar refractivity (Wildman–Crippen MR) is 119 cm³/mol. The summed E-state index contributed by atoms with van der Waals surface area (Å²) in [6.07, 6.45) is 2.85. The number of nitrogens with one attached hydrogen (secondary N) is 2. The van der Waals surface area contributed by atoms with Crippen LogP contribution in [0, 0.1) is 17.8 Å². The molecule has 3 unspecified atom stereocenters. The Morgan fingerprint density at radius 3 is 2.33 bits per heavy atom. The van der Waals surface area contributed by atoms with E-state index in [-0.39, 0.29) is 18.9 Å². The van der Waals surface area contributed by atoms with Crippen LogP contribution in [-0.4, -0.2) is 50.7 Å². The molecule has 33 heavy (non-hydrogen) atoms. The lowest BCUT2D eigenvalue weighted by Crippen LogP contribution is -2.60. The number of likely N-dealkylation sites (tertiary alicyclic amines) is 1. The second-order valence-corrected chi connectivity index (χ2v) is 8.05. The number of anilines is 1. The number of hydroxylamine groups is 1. The van der Waals surface area contributed by atoms with E-state index in [0.29, 0.717) is 23.6 Å². The van der Waals surface area contributed by atoms with Crippen molar-refractivity contribution in [3.63, 3.8) is 0 Å². The van der Waals surface area contributed by atoms with Gasteiger partial charge in [-0.15, -0.1) is 0 Å². The smallest absolute Gasteiger partial charge is 0.407 e. The van der Waals surface area contributed by atoms with E-state index < -0.39 is 35.8 Å². The van der Waals surface area contributed by atoms with Gasteiger partial charge in [0.15, 0.2) is 0 Å². The number of rotatable bonds is 7. The second kappa shape index (κ2) is 10.8. The van der Waals surface area contributed by atoms with Gasteiger partial charge in [0.05, 0.1) is 17.9 Å². The molecule has 4 atom stereocenters. The van der Waals surface area contributed by atoms with Crippen LogP contribution >= 0.6 is 0 Å². The first-order chi connectivity index (χ1) is 15.8. The largest absolute Gasteiger partial charge is 0.465 e. The van der Waals surface area contributed by atoms with Crippen molar-refractivity contribution in [3.8, 4) is 11.5 Å². The first-order valence-electron chi connectivity index (χ1n) is 10.8. The van der Waals surface area contributed by atoms with Gasteiger partial charge >= 0.3 is 6.09 Å². The van der Waals surface area contributed by atoms with Crippen LogP contribution in [0.25, 0.3) is 0 Å². The molecule has 1 aliphatic rings. The Morgan fingerprint density at radius 2 is 1.76 bits per heavy atom. The summed E-state index contributed by atoms with van der Waals surface area (Å²) in [6, 6.07) is 9.45. The first-order valence-corrected chi connectivity index (χ1v) is 10.8. The molecule has 0 spiro atoms. The third-order valence-corrected chi connectivity index (χ3v) is 6.07. The maximum Gasteiger partial charge on any atom is 0.407 e. The molecule has 176 valence electrons. The van der Waals surface area contributed by atoms with Crippen molar-refractivity contribution in [1.82, 2.24) is 15.4 Å². The van der Waals surface area contributed by atoms with Crippen LogP contribution in [0.2, 0.25) is 0 Å². The van der Waals surface area contributed by atoms with Crippen LogP contribution in [0.1, 0.15) is 26.7 Å². The molecule has 1 fully saturated rings. The molecule has 0 radical (unpaired) electrons. The molecular formula is C23H28N4O6. The molecule has 10 nitrogen and oxygen atoms in total. The SMILES string of the molecule is CCC(C)C1[C@H](C(=O)NO)C(C(=O)Nc2ccc(Oc3ccncc3)cc2)CCN1C(=O)O. The fraction of sp³-hybridized carbons (Fsp3) is 0.391. The van der Waals surface area contributed by atoms with Gasteiger partial charge in [-0.05, 0) is 48.7 Å². The number of aromatic nitrogens is 1. The highest BCUT2D eigenvalue weighted by Gasteiger charge is 2.48. The van der Waals surface area contributed by atoms with E-state index in [0.717, 1.165) is 0 Å². The van der Waals surface area contributed by atoms with Crippen molar-refractivity contribution >= 4 is 23.6 Å². The molecule has 3 amide bonds. The third-order valence-electron chi connectivity index (χ3n) is 6.07. The van der Waals surface area contributed by atoms with Crippen molar-refractivity contribution in [2.24, 2.45) is 17.8 Å². The zero-order valence-electron chi connectivity index (χ0n) is 18.5. The van der Waals surface area contributed by atoms with Crippen LogP contribution in [0.3, 0.4) is 0 Å². The lowest BCUT2D eigenvalue weighted by molar-refractivity contribution is -0.145. The van der Waals surface area contributed by atoms with Crippen molar-refractivity contribution in [2.75, 3.05) is 11.9 Å². The highest BCUT2D eigenvalue weighted by Crippen LogP contribution is 2.36. The number of nitrogens with zero attached hydrogens (tertiary/aromatic N) is 2. The highest BCUT2D eigenvalue weighted by molar-refractivity contribution is 5.96. The molecule has 0 saturated carbocycles. The van der Waals surface area contributed by atoms with Gasteiger partial charge in [0.2, 0.25) is 11.8 Å². The monoisotopic (exact) mass is 456 g/mol. The van der Waals surface area contributed by atoms with E-state index in [9.17, 15) is 24.7 Å².